The number of carbonyl (C=O) groups is 1. The Kier molecular flexibility index (Phi) is 7.21. The van der Waals surface area contributed by atoms with Gasteiger partial charge in [0, 0.05) is 19.1 Å². The van der Waals surface area contributed by atoms with E-state index in [1.165, 1.54) is 32.1 Å². The SMILES string of the molecule is CCCNC(=O)CN(CCO)C1CCCCC1. The van der Waals surface area contributed by atoms with Crippen molar-refractivity contribution < 1.29 is 9.90 Å². The molecule has 0 aliphatic heterocycles. The maximum Gasteiger partial charge on any atom is 0.234 e. The zero-order chi connectivity index (χ0) is 12.5. The molecule has 0 bridgehead atoms. The molecule has 0 aromatic heterocycles. The average Bonchev–Trinajstić information content (AvgIpc) is 2.37. The minimum absolute atomic E-state index is 0.0888. The Morgan fingerprint density at radius 2 is 2.06 bits per heavy atom. The fraction of sp³-hybridized carbons (Fsp3) is 0.923. The summed E-state index contributed by atoms with van der Waals surface area (Å²) in [6.07, 6.45) is 7.12. The highest BCUT2D eigenvalue weighted by atomic mass is 16.3. The van der Waals surface area contributed by atoms with E-state index in [2.05, 4.69) is 10.2 Å². The zero-order valence-electron chi connectivity index (χ0n) is 11.0. The van der Waals surface area contributed by atoms with Gasteiger partial charge in [-0.15, -0.1) is 0 Å². The second-order valence-corrected chi connectivity index (χ2v) is 4.84. The first-order valence-electron chi connectivity index (χ1n) is 6.89. The summed E-state index contributed by atoms with van der Waals surface area (Å²) >= 11 is 0. The van der Waals surface area contributed by atoms with E-state index in [0.29, 0.717) is 19.1 Å². The highest BCUT2D eigenvalue weighted by molar-refractivity contribution is 5.78. The molecule has 1 saturated carbocycles. The molecule has 4 heteroatoms. The lowest BCUT2D eigenvalue weighted by Gasteiger charge is -2.33. The Balaban J connectivity index is 2.38. The van der Waals surface area contributed by atoms with Gasteiger partial charge in [0.15, 0.2) is 0 Å². The molecule has 2 N–H and O–H groups in total. The lowest BCUT2D eigenvalue weighted by Crippen LogP contribution is -2.45. The van der Waals surface area contributed by atoms with Crippen molar-refractivity contribution in [1.29, 1.82) is 0 Å². The Morgan fingerprint density at radius 1 is 1.35 bits per heavy atom. The molecule has 0 heterocycles. The highest BCUT2D eigenvalue weighted by Crippen LogP contribution is 2.22. The van der Waals surface area contributed by atoms with Gasteiger partial charge in [0.1, 0.15) is 0 Å². The van der Waals surface area contributed by atoms with Crippen LogP contribution >= 0.6 is 0 Å². The number of nitrogens with zero attached hydrogens (tertiary/aromatic N) is 1. The lowest BCUT2D eigenvalue weighted by atomic mass is 9.94. The molecule has 0 atom stereocenters. The standard InChI is InChI=1S/C13H26N2O2/c1-2-8-14-13(17)11-15(9-10-16)12-6-4-3-5-7-12/h12,16H,2-11H2,1H3,(H,14,17). The van der Waals surface area contributed by atoms with Crippen LogP contribution in [0.1, 0.15) is 45.4 Å². The molecule has 17 heavy (non-hydrogen) atoms. The summed E-state index contributed by atoms with van der Waals surface area (Å²) in [6.45, 7) is 3.98. The van der Waals surface area contributed by atoms with E-state index >= 15 is 0 Å². The zero-order valence-corrected chi connectivity index (χ0v) is 11.0. The topological polar surface area (TPSA) is 52.6 Å². The summed E-state index contributed by atoms with van der Waals surface area (Å²) in [4.78, 5) is 13.8. The van der Waals surface area contributed by atoms with Gasteiger partial charge < -0.3 is 10.4 Å². The number of carbonyl (C=O) groups excluding carboxylic acids is 1. The second-order valence-electron chi connectivity index (χ2n) is 4.84. The number of amides is 1. The van der Waals surface area contributed by atoms with Gasteiger partial charge in [0.2, 0.25) is 5.91 Å². The van der Waals surface area contributed by atoms with Crippen molar-refractivity contribution in [3.63, 3.8) is 0 Å². The molecule has 0 aromatic carbocycles. The third-order valence-corrected chi connectivity index (χ3v) is 3.40. The monoisotopic (exact) mass is 242 g/mol. The normalized spacial score (nSPS) is 17.4. The molecule has 1 aliphatic rings. The number of hydrogen-bond donors (Lipinski definition) is 2. The van der Waals surface area contributed by atoms with Gasteiger partial charge in [0.05, 0.1) is 13.2 Å². The Labute approximate surface area is 104 Å². The molecule has 1 fully saturated rings. The Morgan fingerprint density at radius 3 is 2.65 bits per heavy atom. The van der Waals surface area contributed by atoms with Gasteiger partial charge in [-0.25, -0.2) is 0 Å². The van der Waals surface area contributed by atoms with E-state index < -0.39 is 0 Å². The first-order valence-corrected chi connectivity index (χ1v) is 6.89. The van der Waals surface area contributed by atoms with Gasteiger partial charge in [-0.2, -0.15) is 0 Å². The highest BCUT2D eigenvalue weighted by Gasteiger charge is 2.22. The lowest BCUT2D eigenvalue weighted by molar-refractivity contribution is -0.123. The number of rotatable bonds is 7. The van der Waals surface area contributed by atoms with Crippen molar-refractivity contribution in [1.82, 2.24) is 10.2 Å². The van der Waals surface area contributed by atoms with Crippen LogP contribution in [0.15, 0.2) is 0 Å². The number of aliphatic hydroxyl groups excluding tert-OH is 1. The molecular formula is C13H26N2O2. The maximum atomic E-state index is 11.7. The van der Waals surface area contributed by atoms with E-state index in [1.54, 1.807) is 0 Å². The third-order valence-electron chi connectivity index (χ3n) is 3.40. The predicted molar refractivity (Wildman–Crippen MR) is 68.8 cm³/mol. The summed E-state index contributed by atoms with van der Waals surface area (Å²) in [5.41, 5.74) is 0. The van der Waals surface area contributed by atoms with E-state index in [4.69, 9.17) is 5.11 Å². The second kappa shape index (κ2) is 8.48. The first kappa shape index (κ1) is 14.5. The van der Waals surface area contributed by atoms with Gasteiger partial charge in [0.25, 0.3) is 0 Å². The molecule has 0 saturated heterocycles. The van der Waals surface area contributed by atoms with Crippen molar-refractivity contribution in [2.75, 3.05) is 26.2 Å². The predicted octanol–water partition coefficient (Wildman–Crippen LogP) is 1.14. The van der Waals surface area contributed by atoms with Crippen LogP contribution in [0.4, 0.5) is 0 Å². The summed E-state index contributed by atoms with van der Waals surface area (Å²) in [6, 6.07) is 0.489. The molecule has 100 valence electrons. The van der Waals surface area contributed by atoms with Crippen LogP contribution in [0.5, 0.6) is 0 Å². The molecular weight excluding hydrogens is 216 g/mol. The molecule has 4 nitrogen and oxygen atoms in total. The first-order chi connectivity index (χ1) is 8.27. The number of aliphatic hydroxyl groups is 1. The van der Waals surface area contributed by atoms with Gasteiger partial charge in [-0.3, -0.25) is 9.69 Å². The largest absolute Gasteiger partial charge is 0.395 e. The molecule has 0 radical (unpaired) electrons. The van der Waals surface area contributed by atoms with Crippen LogP contribution in [0.3, 0.4) is 0 Å². The Hall–Kier alpha value is -0.610. The third kappa shape index (κ3) is 5.50. The molecule has 1 rings (SSSR count). The number of hydrogen-bond acceptors (Lipinski definition) is 3. The van der Waals surface area contributed by atoms with Crippen molar-refractivity contribution >= 4 is 5.91 Å². The van der Waals surface area contributed by atoms with Crippen molar-refractivity contribution in [3.05, 3.63) is 0 Å². The van der Waals surface area contributed by atoms with Crippen LogP contribution in [-0.2, 0) is 4.79 Å². The van der Waals surface area contributed by atoms with Gasteiger partial charge in [-0.1, -0.05) is 26.2 Å². The van der Waals surface area contributed by atoms with Crippen molar-refractivity contribution in [2.24, 2.45) is 0 Å². The van der Waals surface area contributed by atoms with E-state index in [-0.39, 0.29) is 12.5 Å². The summed E-state index contributed by atoms with van der Waals surface area (Å²) in [7, 11) is 0. The smallest absolute Gasteiger partial charge is 0.234 e. The van der Waals surface area contributed by atoms with Gasteiger partial charge in [-0.05, 0) is 19.3 Å². The minimum Gasteiger partial charge on any atom is -0.395 e. The van der Waals surface area contributed by atoms with E-state index in [9.17, 15) is 4.79 Å². The summed E-state index contributed by atoms with van der Waals surface area (Å²) < 4.78 is 0. The van der Waals surface area contributed by atoms with Crippen LogP contribution in [0, 0.1) is 0 Å². The molecule has 1 aliphatic carbocycles. The maximum absolute atomic E-state index is 11.7. The van der Waals surface area contributed by atoms with Crippen LogP contribution in [0.25, 0.3) is 0 Å². The summed E-state index contributed by atoms with van der Waals surface area (Å²) in [5.74, 6) is 0.0888. The van der Waals surface area contributed by atoms with Crippen molar-refractivity contribution in [2.45, 2.75) is 51.5 Å². The Bertz CT molecular complexity index is 215. The fourth-order valence-electron chi connectivity index (χ4n) is 2.47. The van der Waals surface area contributed by atoms with Crippen LogP contribution in [0.2, 0.25) is 0 Å². The average molecular weight is 242 g/mol. The van der Waals surface area contributed by atoms with Crippen LogP contribution < -0.4 is 5.32 Å². The molecule has 0 spiro atoms. The van der Waals surface area contributed by atoms with E-state index in [1.807, 2.05) is 6.92 Å². The fourth-order valence-corrected chi connectivity index (χ4v) is 2.47. The van der Waals surface area contributed by atoms with Crippen molar-refractivity contribution in [3.8, 4) is 0 Å². The quantitative estimate of drug-likeness (QED) is 0.704. The minimum atomic E-state index is 0.0888. The summed E-state index contributed by atoms with van der Waals surface area (Å²) in [5, 5.41) is 12.0. The number of nitrogens with one attached hydrogen (secondary N) is 1. The molecule has 1 amide bonds. The van der Waals surface area contributed by atoms with Gasteiger partial charge >= 0.3 is 0 Å². The van der Waals surface area contributed by atoms with E-state index in [0.717, 1.165) is 13.0 Å². The van der Waals surface area contributed by atoms with Crippen LogP contribution in [-0.4, -0.2) is 48.2 Å². The molecule has 0 aromatic rings. The molecule has 0 unspecified atom stereocenters.